The van der Waals surface area contributed by atoms with Crippen LogP contribution in [-0.2, 0) is 4.79 Å². The predicted octanol–water partition coefficient (Wildman–Crippen LogP) is 3.55. The van der Waals surface area contributed by atoms with Crippen LogP contribution in [-0.4, -0.2) is 24.4 Å². The molecule has 1 N–H and O–H groups in total. The van der Waals surface area contributed by atoms with Crippen molar-refractivity contribution in [3.8, 4) is 6.07 Å². The first kappa shape index (κ1) is 14.9. The van der Waals surface area contributed by atoms with Crippen LogP contribution in [0, 0.1) is 11.3 Å². The highest BCUT2D eigenvalue weighted by Crippen LogP contribution is 2.42. The van der Waals surface area contributed by atoms with E-state index < -0.39 is 0 Å². The molecule has 23 heavy (non-hydrogen) atoms. The van der Waals surface area contributed by atoms with E-state index >= 15 is 0 Å². The zero-order chi connectivity index (χ0) is 16.4. The number of para-hydroxylation sites is 2. The Bertz CT molecular complexity index is 798. The van der Waals surface area contributed by atoms with Crippen molar-refractivity contribution in [3.05, 3.63) is 65.2 Å². The minimum absolute atomic E-state index is 0.177. The first-order valence-electron chi connectivity index (χ1n) is 7.53. The summed E-state index contributed by atoms with van der Waals surface area (Å²) in [5.74, 6) is -0.253. The van der Waals surface area contributed by atoms with E-state index in [2.05, 4.69) is 11.4 Å². The van der Waals surface area contributed by atoms with Gasteiger partial charge in [0.15, 0.2) is 0 Å². The van der Waals surface area contributed by atoms with Gasteiger partial charge in [0.1, 0.15) is 11.6 Å². The van der Waals surface area contributed by atoms with E-state index in [-0.39, 0.29) is 11.5 Å². The molecule has 0 aromatic heterocycles. The number of anilines is 2. The van der Waals surface area contributed by atoms with E-state index in [0.717, 1.165) is 22.5 Å². The summed E-state index contributed by atoms with van der Waals surface area (Å²) in [5, 5.41) is 13.0. The molecule has 114 valence electrons. The number of rotatable bonds is 2. The highest BCUT2D eigenvalue weighted by Gasteiger charge is 2.26. The predicted molar refractivity (Wildman–Crippen MR) is 91.1 cm³/mol. The van der Waals surface area contributed by atoms with Crippen molar-refractivity contribution in [1.82, 2.24) is 4.90 Å². The van der Waals surface area contributed by atoms with Gasteiger partial charge in [-0.15, -0.1) is 0 Å². The molecule has 0 saturated carbocycles. The standard InChI is InChI=1S/C19H17N3O/c1-3-22(2)19(23)15(12-20)18-13-8-4-6-10-16(13)21-17-11-7-5-9-14(17)18/h4-11,21H,3H2,1-2H3. The van der Waals surface area contributed by atoms with Crippen LogP contribution in [0.3, 0.4) is 0 Å². The summed E-state index contributed by atoms with van der Waals surface area (Å²) in [6.07, 6.45) is 0. The van der Waals surface area contributed by atoms with Gasteiger partial charge in [-0.25, -0.2) is 0 Å². The number of hydrogen-bond donors (Lipinski definition) is 1. The summed E-state index contributed by atoms with van der Waals surface area (Å²) in [6.45, 7) is 2.45. The number of fused-ring (bicyclic) bond motifs is 2. The summed E-state index contributed by atoms with van der Waals surface area (Å²) < 4.78 is 0. The number of likely N-dealkylation sites (N-methyl/N-ethyl adjacent to an activating group) is 1. The number of carbonyl (C=O) groups is 1. The average molecular weight is 303 g/mol. The van der Waals surface area contributed by atoms with Crippen molar-refractivity contribution in [3.63, 3.8) is 0 Å². The van der Waals surface area contributed by atoms with Crippen molar-refractivity contribution in [2.75, 3.05) is 18.9 Å². The highest BCUT2D eigenvalue weighted by atomic mass is 16.2. The van der Waals surface area contributed by atoms with E-state index in [9.17, 15) is 10.1 Å². The second kappa shape index (κ2) is 5.98. The van der Waals surface area contributed by atoms with Crippen LogP contribution < -0.4 is 5.32 Å². The number of benzene rings is 2. The second-order valence-electron chi connectivity index (χ2n) is 5.40. The molecule has 0 fully saturated rings. The van der Waals surface area contributed by atoms with Gasteiger partial charge in [0, 0.05) is 41.7 Å². The van der Waals surface area contributed by atoms with Gasteiger partial charge in [0.05, 0.1) is 0 Å². The third kappa shape index (κ3) is 2.47. The van der Waals surface area contributed by atoms with E-state index in [1.165, 1.54) is 0 Å². The Labute approximate surface area is 135 Å². The molecule has 0 aliphatic carbocycles. The fourth-order valence-electron chi connectivity index (χ4n) is 2.72. The zero-order valence-corrected chi connectivity index (χ0v) is 13.1. The normalized spacial score (nSPS) is 11.6. The minimum Gasteiger partial charge on any atom is -0.355 e. The van der Waals surface area contributed by atoms with Crippen LogP contribution in [0.1, 0.15) is 18.1 Å². The Morgan fingerprint density at radius 1 is 1.09 bits per heavy atom. The molecule has 4 heteroatoms. The molecule has 0 bridgehead atoms. The molecule has 0 spiro atoms. The van der Waals surface area contributed by atoms with Crippen LogP contribution >= 0.6 is 0 Å². The molecule has 4 nitrogen and oxygen atoms in total. The van der Waals surface area contributed by atoms with Crippen LogP contribution in [0.2, 0.25) is 0 Å². The maximum absolute atomic E-state index is 12.6. The molecule has 0 radical (unpaired) electrons. The molecule has 0 atom stereocenters. The maximum atomic E-state index is 12.6. The van der Waals surface area contributed by atoms with Crippen LogP contribution in [0.15, 0.2) is 54.1 Å². The van der Waals surface area contributed by atoms with E-state index in [4.69, 9.17) is 0 Å². The van der Waals surface area contributed by atoms with Gasteiger partial charge in [-0.05, 0) is 19.1 Å². The molecule has 2 aromatic carbocycles. The third-order valence-electron chi connectivity index (χ3n) is 4.06. The first-order chi connectivity index (χ1) is 11.2. The summed E-state index contributed by atoms with van der Waals surface area (Å²) >= 11 is 0. The zero-order valence-electron chi connectivity index (χ0n) is 13.1. The van der Waals surface area contributed by atoms with Gasteiger partial charge in [-0.2, -0.15) is 5.26 Å². The average Bonchev–Trinajstić information content (AvgIpc) is 2.60. The smallest absolute Gasteiger partial charge is 0.264 e. The van der Waals surface area contributed by atoms with Crippen molar-refractivity contribution in [1.29, 1.82) is 5.26 Å². The molecule has 2 aromatic rings. The van der Waals surface area contributed by atoms with E-state index in [1.807, 2.05) is 55.5 Å². The quantitative estimate of drug-likeness (QED) is 0.582. The van der Waals surface area contributed by atoms with Gasteiger partial charge < -0.3 is 10.2 Å². The Morgan fingerprint density at radius 3 is 2.09 bits per heavy atom. The lowest BCUT2D eigenvalue weighted by Gasteiger charge is -2.25. The molecule has 1 aliphatic heterocycles. The van der Waals surface area contributed by atoms with Gasteiger partial charge in [0.25, 0.3) is 5.91 Å². The topological polar surface area (TPSA) is 56.1 Å². The Hall–Kier alpha value is -3.06. The number of nitriles is 1. The van der Waals surface area contributed by atoms with Crippen LogP contribution in [0.5, 0.6) is 0 Å². The summed E-state index contributed by atoms with van der Waals surface area (Å²) in [7, 11) is 1.71. The van der Waals surface area contributed by atoms with Crippen LogP contribution in [0.4, 0.5) is 11.4 Å². The number of hydrogen-bond acceptors (Lipinski definition) is 3. The number of amides is 1. The Balaban J connectivity index is 2.31. The molecule has 1 amide bonds. The number of nitrogens with one attached hydrogen (secondary N) is 1. The molecular weight excluding hydrogens is 286 g/mol. The van der Waals surface area contributed by atoms with E-state index in [0.29, 0.717) is 12.1 Å². The second-order valence-corrected chi connectivity index (χ2v) is 5.40. The van der Waals surface area contributed by atoms with Crippen molar-refractivity contribution < 1.29 is 4.79 Å². The summed E-state index contributed by atoms with van der Waals surface area (Å²) in [4.78, 5) is 14.2. The van der Waals surface area contributed by atoms with Gasteiger partial charge in [-0.1, -0.05) is 36.4 Å². The Morgan fingerprint density at radius 2 is 1.61 bits per heavy atom. The van der Waals surface area contributed by atoms with Crippen molar-refractivity contribution in [2.45, 2.75) is 6.92 Å². The van der Waals surface area contributed by atoms with Crippen molar-refractivity contribution >= 4 is 22.9 Å². The largest absolute Gasteiger partial charge is 0.355 e. The maximum Gasteiger partial charge on any atom is 0.264 e. The molecule has 0 saturated heterocycles. The Kier molecular flexibility index (Phi) is 3.86. The summed E-state index contributed by atoms with van der Waals surface area (Å²) in [5.41, 5.74) is 4.43. The number of carbonyl (C=O) groups excluding carboxylic acids is 1. The molecule has 0 unspecified atom stereocenters. The third-order valence-corrected chi connectivity index (χ3v) is 4.06. The minimum atomic E-state index is -0.253. The summed E-state index contributed by atoms with van der Waals surface area (Å²) in [6, 6.07) is 17.6. The SMILES string of the molecule is CCN(C)C(=O)C(C#N)=C1c2ccccc2Nc2ccccc21. The lowest BCUT2D eigenvalue weighted by molar-refractivity contribution is -0.125. The van der Waals surface area contributed by atoms with Crippen LogP contribution in [0.25, 0.3) is 5.57 Å². The molecular formula is C19H17N3O. The fraction of sp³-hybridized carbons (Fsp3) is 0.158. The monoisotopic (exact) mass is 303 g/mol. The lowest BCUT2D eigenvalue weighted by atomic mass is 9.88. The molecule has 1 aliphatic rings. The van der Waals surface area contributed by atoms with Crippen molar-refractivity contribution in [2.24, 2.45) is 0 Å². The van der Waals surface area contributed by atoms with Gasteiger partial charge in [0.2, 0.25) is 0 Å². The fourth-order valence-corrected chi connectivity index (χ4v) is 2.72. The highest BCUT2D eigenvalue weighted by molar-refractivity contribution is 6.11. The molecule has 1 heterocycles. The first-order valence-corrected chi connectivity index (χ1v) is 7.53. The molecule has 3 rings (SSSR count). The van der Waals surface area contributed by atoms with Gasteiger partial charge >= 0.3 is 0 Å². The van der Waals surface area contributed by atoms with Gasteiger partial charge in [-0.3, -0.25) is 4.79 Å². The number of nitrogens with zero attached hydrogens (tertiary/aromatic N) is 2. The lowest BCUT2D eigenvalue weighted by Crippen LogP contribution is -2.28. The van der Waals surface area contributed by atoms with E-state index in [1.54, 1.807) is 11.9 Å².